The Kier molecular flexibility index (Phi) is 6.11. The molecule has 0 fully saturated rings. The molecular weight excluding hydrogens is 399 g/mol. The summed E-state index contributed by atoms with van der Waals surface area (Å²) in [6, 6.07) is 13.4. The molecule has 4 rings (SSSR count). The second-order valence-electron chi connectivity index (χ2n) is 7.34. The monoisotopic (exact) mass is 422 g/mol. The molecule has 2 atom stereocenters. The maximum atomic E-state index is 13.2. The van der Waals surface area contributed by atoms with Crippen LogP contribution in [0.25, 0.3) is 5.57 Å². The molecule has 0 spiro atoms. The van der Waals surface area contributed by atoms with Gasteiger partial charge in [0.2, 0.25) is 0 Å². The maximum Gasteiger partial charge on any atom is 0.319 e. The first-order valence-electron chi connectivity index (χ1n) is 9.96. The number of aliphatic hydroxyl groups excluding tert-OH is 2. The summed E-state index contributed by atoms with van der Waals surface area (Å²) in [6.07, 6.45) is 4.94. The van der Waals surface area contributed by atoms with Crippen molar-refractivity contribution in [3.63, 3.8) is 0 Å². The molecule has 0 radical (unpaired) electrons. The molecule has 0 aromatic heterocycles. The summed E-state index contributed by atoms with van der Waals surface area (Å²) in [5.74, 6) is 0.566. The minimum absolute atomic E-state index is 0.00158. The van der Waals surface area contributed by atoms with Gasteiger partial charge in [0.15, 0.2) is 0 Å². The van der Waals surface area contributed by atoms with Crippen molar-refractivity contribution in [1.82, 2.24) is 10.2 Å². The van der Waals surface area contributed by atoms with Gasteiger partial charge in [0.1, 0.15) is 11.7 Å². The van der Waals surface area contributed by atoms with Crippen molar-refractivity contribution in [2.45, 2.75) is 12.1 Å². The number of benzene rings is 2. The highest BCUT2D eigenvalue weighted by atomic mass is 19.1. The fourth-order valence-electron chi connectivity index (χ4n) is 3.52. The predicted molar refractivity (Wildman–Crippen MR) is 117 cm³/mol. The molecule has 2 unspecified atom stereocenters. The third-order valence-electron chi connectivity index (χ3n) is 5.14. The van der Waals surface area contributed by atoms with E-state index in [-0.39, 0.29) is 18.4 Å². The zero-order valence-corrected chi connectivity index (χ0v) is 16.7. The SMILES string of the molecule is O=C(NCC(O)CO)Nc1cccc(C2CN=C3C=C(c4ccc(F)cc4)C=CN32)c1. The third-order valence-corrected chi connectivity index (χ3v) is 5.14. The summed E-state index contributed by atoms with van der Waals surface area (Å²) in [6.45, 7) is 0.120. The number of hydrogen-bond acceptors (Lipinski definition) is 5. The average Bonchev–Trinajstić information content (AvgIpc) is 3.21. The quantitative estimate of drug-likeness (QED) is 0.575. The van der Waals surface area contributed by atoms with E-state index in [9.17, 15) is 14.3 Å². The smallest absolute Gasteiger partial charge is 0.319 e. The van der Waals surface area contributed by atoms with Gasteiger partial charge in [0.25, 0.3) is 0 Å². The summed E-state index contributed by atoms with van der Waals surface area (Å²) >= 11 is 0. The second kappa shape index (κ2) is 9.11. The first-order valence-corrected chi connectivity index (χ1v) is 9.96. The molecule has 4 N–H and O–H groups in total. The van der Waals surface area contributed by atoms with Crippen LogP contribution in [0.4, 0.5) is 14.9 Å². The van der Waals surface area contributed by atoms with Gasteiger partial charge in [-0.25, -0.2) is 9.18 Å². The lowest BCUT2D eigenvalue weighted by Crippen LogP contribution is -2.36. The normalized spacial score (nSPS) is 18.2. The van der Waals surface area contributed by atoms with E-state index in [1.807, 2.05) is 36.6 Å². The van der Waals surface area contributed by atoms with Crippen molar-refractivity contribution in [3.8, 4) is 0 Å². The van der Waals surface area contributed by atoms with Crippen molar-refractivity contribution in [3.05, 3.63) is 83.8 Å². The predicted octanol–water partition coefficient (Wildman–Crippen LogP) is 2.67. The lowest BCUT2D eigenvalue weighted by molar-refractivity contribution is 0.0965. The van der Waals surface area contributed by atoms with Gasteiger partial charge in [-0.3, -0.25) is 4.99 Å². The van der Waals surface area contributed by atoms with E-state index in [1.165, 1.54) is 12.1 Å². The van der Waals surface area contributed by atoms with Gasteiger partial charge in [0.05, 0.1) is 25.3 Å². The number of amides is 2. The highest BCUT2D eigenvalue weighted by Crippen LogP contribution is 2.33. The number of carbonyl (C=O) groups excluding carboxylic acids is 1. The average molecular weight is 422 g/mol. The lowest BCUT2D eigenvalue weighted by Gasteiger charge is -2.26. The Balaban J connectivity index is 1.43. The number of allylic oxidation sites excluding steroid dienone is 2. The Morgan fingerprint density at radius 3 is 2.84 bits per heavy atom. The Morgan fingerprint density at radius 1 is 1.26 bits per heavy atom. The van der Waals surface area contributed by atoms with Gasteiger partial charge in [-0.05, 0) is 53.1 Å². The Morgan fingerprint density at radius 2 is 2.06 bits per heavy atom. The number of halogens is 1. The van der Waals surface area contributed by atoms with E-state index in [1.54, 1.807) is 18.2 Å². The summed E-state index contributed by atoms with van der Waals surface area (Å²) in [5, 5.41) is 23.4. The summed E-state index contributed by atoms with van der Waals surface area (Å²) in [5.41, 5.74) is 3.50. The zero-order valence-electron chi connectivity index (χ0n) is 16.7. The van der Waals surface area contributed by atoms with Gasteiger partial charge in [-0.1, -0.05) is 24.3 Å². The third kappa shape index (κ3) is 4.82. The maximum absolute atomic E-state index is 13.2. The highest BCUT2D eigenvalue weighted by molar-refractivity contribution is 6.04. The van der Waals surface area contributed by atoms with E-state index >= 15 is 0 Å². The fraction of sp³-hybridized carbons (Fsp3) is 0.217. The molecule has 0 aliphatic carbocycles. The highest BCUT2D eigenvalue weighted by Gasteiger charge is 2.28. The van der Waals surface area contributed by atoms with Crippen LogP contribution >= 0.6 is 0 Å². The van der Waals surface area contributed by atoms with Crippen LogP contribution < -0.4 is 10.6 Å². The molecule has 7 nitrogen and oxygen atoms in total. The largest absolute Gasteiger partial charge is 0.394 e. The van der Waals surface area contributed by atoms with Crippen LogP contribution in [0.3, 0.4) is 0 Å². The number of amidine groups is 1. The summed E-state index contributed by atoms with van der Waals surface area (Å²) in [4.78, 5) is 18.7. The van der Waals surface area contributed by atoms with E-state index in [4.69, 9.17) is 5.11 Å². The topological polar surface area (TPSA) is 97.2 Å². The molecule has 2 heterocycles. The fourth-order valence-corrected chi connectivity index (χ4v) is 3.52. The van der Waals surface area contributed by atoms with Gasteiger partial charge < -0.3 is 25.7 Å². The van der Waals surface area contributed by atoms with E-state index in [0.29, 0.717) is 12.2 Å². The number of nitrogens with one attached hydrogen (secondary N) is 2. The number of anilines is 1. The Hall–Kier alpha value is -3.49. The Bertz CT molecular complexity index is 1050. The molecule has 0 saturated carbocycles. The number of carbonyl (C=O) groups is 1. The van der Waals surface area contributed by atoms with Gasteiger partial charge in [0, 0.05) is 18.4 Å². The van der Waals surface area contributed by atoms with Crippen molar-refractivity contribution in [2.24, 2.45) is 4.99 Å². The standard InChI is InChI=1S/C23H23FN4O3/c24-18-6-4-15(5-7-18)16-8-9-28-21(13-25-22(28)11-16)17-2-1-3-19(10-17)27-23(31)26-12-20(30)14-29/h1-11,20-21,29-30H,12-14H2,(H2,26,27,31). The molecule has 2 aromatic rings. The first-order chi connectivity index (χ1) is 15.0. The van der Waals surface area contributed by atoms with Crippen molar-refractivity contribution < 1.29 is 19.4 Å². The van der Waals surface area contributed by atoms with Crippen LogP contribution in [0.1, 0.15) is 17.2 Å². The lowest BCUT2D eigenvalue weighted by atomic mass is 10.0. The number of nitrogens with zero attached hydrogens (tertiary/aromatic N) is 2. The van der Waals surface area contributed by atoms with Crippen LogP contribution in [0, 0.1) is 5.82 Å². The number of hydrogen-bond donors (Lipinski definition) is 4. The molecule has 160 valence electrons. The molecule has 31 heavy (non-hydrogen) atoms. The van der Waals surface area contributed by atoms with Gasteiger partial charge in [-0.2, -0.15) is 0 Å². The van der Waals surface area contributed by atoms with Gasteiger partial charge >= 0.3 is 6.03 Å². The summed E-state index contributed by atoms with van der Waals surface area (Å²) in [7, 11) is 0. The second-order valence-corrected chi connectivity index (χ2v) is 7.34. The molecule has 2 aliphatic heterocycles. The number of fused-ring (bicyclic) bond motifs is 1. The van der Waals surface area contributed by atoms with Crippen LogP contribution in [0.2, 0.25) is 0 Å². The molecular formula is C23H23FN4O3. The van der Waals surface area contributed by atoms with E-state index < -0.39 is 18.7 Å². The van der Waals surface area contributed by atoms with Crippen molar-refractivity contribution >= 4 is 23.1 Å². The molecule has 0 bridgehead atoms. The minimum Gasteiger partial charge on any atom is -0.394 e. The van der Waals surface area contributed by atoms with Crippen LogP contribution in [0.15, 0.2) is 71.9 Å². The number of urea groups is 1. The van der Waals surface area contributed by atoms with E-state index in [0.717, 1.165) is 22.5 Å². The van der Waals surface area contributed by atoms with E-state index in [2.05, 4.69) is 20.5 Å². The molecule has 2 aliphatic rings. The molecule has 2 amide bonds. The van der Waals surface area contributed by atoms with Crippen LogP contribution in [0.5, 0.6) is 0 Å². The molecule has 8 heteroatoms. The number of aliphatic imine (C=N–C) groups is 1. The first kappa shape index (κ1) is 20.8. The van der Waals surface area contributed by atoms with Crippen LogP contribution in [-0.4, -0.2) is 52.8 Å². The molecule has 2 aromatic carbocycles. The number of rotatable bonds is 6. The van der Waals surface area contributed by atoms with Gasteiger partial charge in [-0.15, -0.1) is 0 Å². The molecule has 0 saturated heterocycles. The van der Waals surface area contributed by atoms with Crippen molar-refractivity contribution in [2.75, 3.05) is 25.0 Å². The zero-order chi connectivity index (χ0) is 21.8. The number of aliphatic hydroxyl groups is 2. The minimum atomic E-state index is -0.995. The Labute approximate surface area is 179 Å². The summed E-state index contributed by atoms with van der Waals surface area (Å²) < 4.78 is 13.2. The van der Waals surface area contributed by atoms with Crippen molar-refractivity contribution in [1.29, 1.82) is 0 Å². The van der Waals surface area contributed by atoms with Crippen LogP contribution in [-0.2, 0) is 0 Å².